The smallest absolute Gasteiger partial charge is 0.262 e. The van der Waals surface area contributed by atoms with E-state index in [1.807, 2.05) is 0 Å². The first-order valence-corrected chi connectivity index (χ1v) is 11.6. The third-order valence-electron chi connectivity index (χ3n) is 5.28. The average Bonchev–Trinajstić information content (AvgIpc) is 2.78. The highest BCUT2D eigenvalue weighted by Crippen LogP contribution is 2.33. The molecule has 2 aliphatic heterocycles. The highest BCUT2D eigenvalue weighted by molar-refractivity contribution is 7.92. The number of fused-ring (bicyclic) bond motifs is 1. The molecule has 32 heavy (non-hydrogen) atoms. The van der Waals surface area contributed by atoms with Crippen LogP contribution in [-0.4, -0.2) is 76.5 Å². The average molecular weight is 467 g/mol. The highest BCUT2D eigenvalue weighted by Gasteiger charge is 2.27. The summed E-state index contributed by atoms with van der Waals surface area (Å²) in [5.41, 5.74) is 0.332. The van der Waals surface area contributed by atoms with Crippen molar-refractivity contribution in [2.75, 3.05) is 50.7 Å². The molecule has 0 bridgehead atoms. The number of hydrogen-bond donors (Lipinski definition) is 1. The largest absolute Gasteiger partial charge is 0.486 e. The molecule has 1 amide bonds. The van der Waals surface area contributed by atoms with Gasteiger partial charge >= 0.3 is 0 Å². The fourth-order valence-corrected chi connectivity index (χ4v) is 4.75. The third-order valence-corrected chi connectivity index (χ3v) is 6.64. The van der Waals surface area contributed by atoms with E-state index < -0.39 is 16.4 Å². The molecule has 0 unspecified atom stereocenters. The molecule has 2 aromatic carbocycles. The number of nitrogens with zero attached hydrogens (tertiary/aromatic N) is 2. The third kappa shape index (κ3) is 4.94. The normalized spacial score (nSPS) is 16.8. The second kappa shape index (κ2) is 9.29. The lowest BCUT2D eigenvalue weighted by Gasteiger charge is -2.34. The van der Waals surface area contributed by atoms with E-state index in [9.17, 15) is 22.0 Å². The van der Waals surface area contributed by atoms with Crippen molar-refractivity contribution in [2.45, 2.75) is 11.3 Å². The van der Waals surface area contributed by atoms with Crippen molar-refractivity contribution in [3.05, 3.63) is 48.0 Å². The minimum absolute atomic E-state index is 0.0235. The Kier molecular flexibility index (Phi) is 6.47. The SMILES string of the molecule is O=C(c1ccccc1NS(=O)(=O)c1ccc2c(c1)OCCO2)N1CCN(CC(F)F)CC1. The van der Waals surface area contributed by atoms with Gasteiger partial charge in [0.15, 0.2) is 11.5 Å². The first-order valence-electron chi connectivity index (χ1n) is 10.1. The number of nitrogens with one attached hydrogen (secondary N) is 1. The summed E-state index contributed by atoms with van der Waals surface area (Å²) >= 11 is 0. The van der Waals surface area contributed by atoms with Crippen molar-refractivity contribution in [1.29, 1.82) is 0 Å². The minimum atomic E-state index is -4.00. The van der Waals surface area contributed by atoms with Crippen LogP contribution < -0.4 is 14.2 Å². The number of carbonyl (C=O) groups excluding carboxylic acids is 1. The van der Waals surface area contributed by atoms with Crippen molar-refractivity contribution < 1.29 is 31.5 Å². The Morgan fingerprint density at radius 1 is 1.00 bits per heavy atom. The molecule has 1 N–H and O–H groups in total. The van der Waals surface area contributed by atoms with Gasteiger partial charge in [0.2, 0.25) is 0 Å². The van der Waals surface area contributed by atoms with E-state index in [1.165, 1.54) is 30.3 Å². The summed E-state index contributed by atoms with van der Waals surface area (Å²) in [4.78, 5) is 16.2. The number of rotatable bonds is 6. The fourth-order valence-electron chi connectivity index (χ4n) is 3.65. The van der Waals surface area contributed by atoms with Crippen LogP contribution in [0, 0.1) is 0 Å². The molecule has 1 fully saturated rings. The molecule has 0 atom stereocenters. The quantitative estimate of drug-likeness (QED) is 0.702. The van der Waals surface area contributed by atoms with Crippen LogP contribution in [-0.2, 0) is 10.0 Å². The molecule has 0 saturated carbocycles. The Bertz CT molecular complexity index is 1090. The van der Waals surface area contributed by atoms with Crippen LogP contribution >= 0.6 is 0 Å². The predicted molar refractivity (Wildman–Crippen MR) is 113 cm³/mol. The van der Waals surface area contributed by atoms with Crippen LogP contribution in [0.1, 0.15) is 10.4 Å². The lowest BCUT2D eigenvalue weighted by Crippen LogP contribution is -2.49. The maximum Gasteiger partial charge on any atom is 0.262 e. The maximum absolute atomic E-state index is 13.1. The Hall–Kier alpha value is -2.92. The molecule has 11 heteroatoms. The van der Waals surface area contributed by atoms with E-state index in [2.05, 4.69) is 4.72 Å². The van der Waals surface area contributed by atoms with Gasteiger partial charge in [-0.25, -0.2) is 17.2 Å². The number of para-hydroxylation sites is 1. The van der Waals surface area contributed by atoms with Crippen LogP contribution in [0.2, 0.25) is 0 Å². The number of hydrogen-bond acceptors (Lipinski definition) is 6. The summed E-state index contributed by atoms with van der Waals surface area (Å²) in [6.07, 6.45) is -2.42. The molecular weight excluding hydrogens is 444 g/mol. The van der Waals surface area contributed by atoms with Crippen molar-refractivity contribution in [3.8, 4) is 11.5 Å². The zero-order valence-corrected chi connectivity index (χ0v) is 18.0. The zero-order valence-electron chi connectivity index (χ0n) is 17.2. The maximum atomic E-state index is 13.1. The lowest BCUT2D eigenvalue weighted by molar-refractivity contribution is 0.0459. The number of amides is 1. The van der Waals surface area contributed by atoms with Crippen LogP contribution in [0.25, 0.3) is 0 Å². The van der Waals surface area contributed by atoms with Crippen molar-refractivity contribution in [3.63, 3.8) is 0 Å². The Morgan fingerprint density at radius 2 is 1.69 bits per heavy atom. The van der Waals surface area contributed by atoms with Gasteiger partial charge in [0.05, 0.1) is 22.7 Å². The van der Waals surface area contributed by atoms with E-state index in [0.717, 1.165) is 0 Å². The van der Waals surface area contributed by atoms with Crippen molar-refractivity contribution in [1.82, 2.24) is 9.80 Å². The molecule has 2 aliphatic rings. The van der Waals surface area contributed by atoms with E-state index in [1.54, 1.807) is 21.9 Å². The first kappa shape index (κ1) is 22.3. The lowest BCUT2D eigenvalue weighted by atomic mass is 10.1. The molecular formula is C21H23F2N3O5S. The van der Waals surface area contributed by atoms with Gasteiger partial charge in [0.1, 0.15) is 13.2 Å². The Morgan fingerprint density at radius 3 is 2.41 bits per heavy atom. The molecule has 0 aromatic heterocycles. The fraction of sp³-hybridized carbons (Fsp3) is 0.381. The summed E-state index contributed by atoms with van der Waals surface area (Å²) in [7, 11) is -4.00. The summed E-state index contributed by atoms with van der Waals surface area (Å²) in [5.74, 6) is 0.448. The van der Waals surface area contributed by atoms with Gasteiger partial charge in [-0.2, -0.15) is 0 Å². The molecule has 0 spiro atoms. The van der Waals surface area contributed by atoms with Gasteiger partial charge < -0.3 is 14.4 Å². The Labute approximate surface area is 184 Å². The predicted octanol–water partition coefficient (Wildman–Crippen LogP) is 2.28. The molecule has 2 aromatic rings. The number of alkyl halides is 2. The van der Waals surface area contributed by atoms with Gasteiger partial charge in [-0.15, -0.1) is 0 Å². The van der Waals surface area contributed by atoms with Gasteiger partial charge in [0, 0.05) is 32.2 Å². The van der Waals surface area contributed by atoms with Crippen molar-refractivity contribution >= 4 is 21.6 Å². The Balaban J connectivity index is 1.50. The van der Waals surface area contributed by atoms with Crippen molar-refractivity contribution in [2.24, 2.45) is 0 Å². The zero-order chi connectivity index (χ0) is 22.7. The molecule has 1 saturated heterocycles. The molecule has 0 aliphatic carbocycles. The molecule has 4 rings (SSSR count). The van der Waals surface area contributed by atoms with Gasteiger partial charge in [0.25, 0.3) is 22.4 Å². The molecule has 2 heterocycles. The number of anilines is 1. The molecule has 0 radical (unpaired) electrons. The summed E-state index contributed by atoms with van der Waals surface area (Å²) in [6, 6.07) is 10.6. The summed E-state index contributed by atoms with van der Waals surface area (Å²) in [6.45, 7) is 1.63. The number of ether oxygens (including phenoxy) is 2. The van der Waals surface area contributed by atoms with E-state index in [-0.39, 0.29) is 41.7 Å². The second-order valence-corrected chi connectivity index (χ2v) is 9.12. The molecule has 8 nitrogen and oxygen atoms in total. The van der Waals surface area contributed by atoms with Crippen LogP contribution in [0.4, 0.5) is 14.5 Å². The van der Waals surface area contributed by atoms with Gasteiger partial charge in [-0.1, -0.05) is 12.1 Å². The standard InChI is InChI=1S/C21H23F2N3O5S/c22-20(23)14-25-7-9-26(10-8-25)21(27)16-3-1-2-4-17(16)24-32(28,29)15-5-6-18-19(13-15)31-12-11-30-18/h1-6,13,20,24H,7-12,14H2. The number of halogens is 2. The minimum Gasteiger partial charge on any atom is -0.486 e. The summed E-state index contributed by atoms with van der Waals surface area (Å²) in [5, 5.41) is 0. The van der Waals surface area contributed by atoms with Crippen LogP contribution in [0.15, 0.2) is 47.4 Å². The summed E-state index contributed by atoms with van der Waals surface area (Å²) < 4.78 is 64.5. The first-order chi connectivity index (χ1) is 15.3. The van der Waals surface area contributed by atoms with Crippen LogP contribution in [0.3, 0.4) is 0 Å². The van der Waals surface area contributed by atoms with Gasteiger partial charge in [-0.3, -0.25) is 14.4 Å². The van der Waals surface area contributed by atoms with E-state index in [0.29, 0.717) is 37.8 Å². The topological polar surface area (TPSA) is 88.2 Å². The number of benzene rings is 2. The number of carbonyl (C=O) groups is 1. The van der Waals surface area contributed by atoms with E-state index >= 15 is 0 Å². The van der Waals surface area contributed by atoms with Crippen LogP contribution in [0.5, 0.6) is 11.5 Å². The number of sulfonamides is 1. The van der Waals surface area contributed by atoms with E-state index in [4.69, 9.17) is 9.47 Å². The number of piperazine rings is 1. The monoisotopic (exact) mass is 467 g/mol. The molecule has 172 valence electrons. The van der Waals surface area contributed by atoms with Gasteiger partial charge in [-0.05, 0) is 24.3 Å². The second-order valence-electron chi connectivity index (χ2n) is 7.44. The highest BCUT2D eigenvalue weighted by atomic mass is 32.2.